The van der Waals surface area contributed by atoms with Gasteiger partial charge >= 0.3 is 0 Å². The zero-order valence-corrected chi connectivity index (χ0v) is 10.7. The number of halogens is 1. The summed E-state index contributed by atoms with van der Waals surface area (Å²) in [6.07, 6.45) is 6.61. The van der Waals surface area contributed by atoms with Crippen LogP contribution in [0.25, 0.3) is 0 Å². The molecular formula is C11H16BrNS. The molecule has 0 aliphatic heterocycles. The molecule has 14 heavy (non-hydrogen) atoms. The summed E-state index contributed by atoms with van der Waals surface area (Å²) in [5.41, 5.74) is 6.27. The van der Waals surface area contributed by atoms with E-state index in [9.17, 15) is 0 Å². The van der Waals surface area contributed by atoms with Gasteiger partial charge in [0.05, 0.1) is 3.79 Å². The van der Waals surface area contributed by atoms with Crippen molar-refractivity contribution in [1.82, 2.24) is 0 Å². The van der Waals surface area contributed by atoms with Crippen LogP contribution in [0.15, 0.2) is 15.9 Å². The van der Waals surface area contributed by atoms with Crippen LogP contribution in [0.5, 0.6) is 0 Å². The topological polar surface area (TPSA) is 26.0 Å². The average molecular weight is 274 g/mol. The molecule has 1 aromatic rings. The van der Waals surface area contributed by atoms with E-state index in [2.05, 4.69) is 28.1 Å². The predicted octanol–water partition coefficient (Wildman–Crippen LogP) is 3.67. The molecule has 0 atom stereocenters. The lowest BCUT2D eigenvalue weighted by molar-refractivity contribution is 0.306. The predicted molar refractivity (Wildman–Crippen MR) is 65.8 cm³/mol. The fourth-order valence-corrected chi connectivity index (χ4v) is 4.02. The minimum atomic E-state index is 0.301. The lowest BCUT2D eigenvalue weighted by Gasteiger charge is -2.35. The van der Waals surface area contributed by atoms with Gasteiger partial charge in [-0.05, 0) is 40.9 Å². The summed E-state index contributed by atoms with van der Waals surface area (Å²) in [6.45, 7) is 0.806. The van der Waals surface area contributed by atoms with Crippen molar-refractivity contribution in [2.45, 2.75) is 37.5 Å². The largest absolute Gasteiger partial charge is 0.330 e. The maximum atomic E-state index is 5.97. The highest BCUT2D eigenvalue weighted by molar-refractivity contribution is 9.11. The van der Waals surface area contributed by atoms with Crippen LogP contribution in [-0.4, -0.2) is 6.54 Å². The Kier molecular flexibility index (Phi) is 3.30. The smallest absolute Gasteiger partial charge is 0.0701 e. The van der Waals surface area contributed by atoms with Gasteiger partial charge in [0.25, 0.3) is 0 Å². The minimum Gasteiger partial charge on any atom is -0.330 e. The molecule has 2 rings (SSSR count). The van der Waals surface area contributed by atoms with E-state index in [0.717, 1.165) is 6.54 Å². The van der Waals surface area contributed by atoms with E-state index in [1.165, 1.54) is 40.8 Å². The summed E-state index contributed by atoms with van der Waals surface area (Å²) in [5.74, 6) is 0. The third kappa shape index (κ3) is 1.90. The number of nitrogens with two attached hydrogens (primary N) is 1. The Morgan fingerprint density at radius 3 is 2.50 bits per heavy atom. The zero-order chi connectivity index (χ0) is 10.0. The molecule has 0 spiro atoms. The maximum Gasteiger partial charge on any atom is 0.0701 e. The van der Waals surface area contributed by atoms with Gasteiger partial charge in [0.2, 0.25) is 0 Å². The quantitative estimate of drug-likeness (QED) is 0.874. The van der Waals surface area contributed by atoms with Crippen molar-refractivity contribution in [2.75, 3.05) is 6.54 Å². The molecule has 1 aliphatic rings. The number of hydrogen-bond donors (Lipinski definition) is 1. The fraction of sp³-hybridized carbons (Fsp3) is 0.636. The van der Waals surface area contributed by atoms with Gasteiger partial charge in [-0.25, -0.2) is 0 Å². The van der Waals surface area contributed by atoms with E-state index in [4.69, 9.17) is 5.73 Å². The Labute approximate surface area is 97.8 Å². The van der Waals surface area contributed by atoms with Crippen LogP contribution in [0.4, 0.5) is 0 Å². The van der Waals surface area contributed by atoms with Crippen molar-refractivity contribution in [1.29, 1.82) is 0 Å². The second-order valence-electron chi connectivity index (χ2n) is 4.15. The van der Waals surface area contributed by atoms with Crippen molar-refractivity contribution in [3.05, 3.63) is 20.8 Å². The fourth-order valence-electron chi connectivity index (χ4n) is 2.38. The summed E-state index contributed by atoms with van der Waals surface area (Å²) in [5, 5.41) is 0. The molecule has 1 heterocycles. The molecule has 78 valence electrons. The normalized spacial score (nSPS) is 21.0. The molecule has 1 saturated carbocycles. The van der Waals surface area contributed by atoms with Crippen molar-refractivity contribution in [3.63, 3.8) is 0 Å². The van der Waals surface area contributed by atoms with Gasteiger partial charge in [-0.1, -0.05) is 19.3 Å². The van der Waals surface area contributed by atoms with Crippen molar-refractivity contribution in [2.24, 2.45) is 5.73 Å². The Morgan fingerprint density at radius 2 is 2.00 bits per heavy atom. The van der Waals surface area contributed by atoms with Crippen molar-refractivity contribution in [3.8, 4) is 0 Å². The lowest BCUT2D eigenvalue weighted by atomic mass is 9.73. The molecule has 1 nitrogen and oxygen atoms in total. The van der Waals surface area contributed by atoms with Gasteiger partial charge in [0.15, 0.2) is 0 Å². The molecule has 0 aromatic carbocycles. The molecule has 0 amide bonds. The first-order valence-corrected chi connectivity index (χ1v) is 6.84. The Morgan fingerprint density at radius 1 is 1.29 bits per heavy atom. The molecule has 0 bridgehead atoms. The lowest BCUT2D eigenvalue weighted by Crippen LogP contribution is -2.36. The first-order valence-electron chi connectivity index (χ1n) is 5.23. The molecule has 0 saturated heterocycles. The molecular weight excluding hydrogens is 258 g/mol. The highest BCUT2D eigenvalue weighted by atomic mass is 79.9. The average Bonchev–Trinajstić information content (AvgIpc) is 2.66. The Balaban J connectivity index is 2.26. The molecule has 0 radical (unpaired) electrons. The van der Waals surface area contributed by atoms with Gasteiger partial charge in [-0.15, -0.1) is 11.3 Å². The van der Waals surface area contributed by atoms with Crippen LogP contribution >= 0.6 is 27.3 Å². The number of rotatable bonds is 2. The Hall–Kier alpha value is 0.140. The van der Waals surface area contributed by atoms with Crippen molar-refractivity contribution < 1.29 is 0 Å². The third-order valence-electron chi connectivity index (χ3n) is 3.30. The van der Waals surface area contributed by atoms with Gasteiger partial charge in [-0.2, -0.15) is 0 Å². The van der Waals surface area contributed by atoms with Crippen LogP contribution in [-0.2, 0) is 5.41 Å². The van der Waals surface area contributed by atoms with E-state index in [-0.39, 0.29) is 0 Å². The first kappa shape index (κ1) is 10.7. The van der Waals surface area contributed by atoms with E-state index in [1.807, 2.05) is 11.3 Å². The number of thiophene rings is 1. The van der Waals surface area contributed by atoms with Crippen LogP contribution < -0.4 is 5.73 Å². The van der Waals surface area contributed by atoms with Gasteiger partial charge < -0.3 is 5.73 Å². The highest BCUT2D eigenvalue weighted by Gasteiger charge is 2.33. The first-order chi connectivity index (χ1) is 6.77. The molecule has 3 heteroatoms. The van der Waals surface area contributed by atoms with Gasteiger partial charge in [0, 0.05) is 16.8 Å². The van der Waals surface area contributed by atoms with Crippen LogP contribution in [0.3, 0.4) is 0 Å². The van der Waals surface area contributed by atoms with Gasteiger partial charge in [-0.3, -0.25) is 0 Å². The summed E-state index contributed by atoms with van der Waals surface area (Å²) >= 11 is 5.38. The molecule has 0 unspecified atom stereocenters. The summed E-state index contributed by atoms with van der Waals surface area (Å²) < 4.78 is 1.23. The van der Waals surface area contributed by atoms with E-state index >= 15 is 0 Å². The minimum absolute atomic E-state index is 0.301. The Bertz CT molecular complexity index is 302. The van der Waals surface area contributed by atoms with Gasteiger partial charge in [0.1, 0.15) is 0 Å². The summed E-state index contributed by atoms with van der Waals surface area (Å²) in [4.78, 5) is 1.48. The highest BCUT2D eigenvalue weighted by Crippen LogP contribution is 2.42. The van der Waals surface area contributed by atoms with Crippen LogP contribution in [0, 0.1) is 0 Å². The molecule has 1 aromatic heterocycles. The zero-order valence-electron chi connectivity index (χ0n) is 8.26. The molecule has 1 aliphatic carbocycles. The third-order valence-corrected chi connectivity index (χ3v) is 5.17. The van der Waals surface area contributed by atoms with Crippen LogP contribution in [0.1, 0.15) is 37.0 Å². The maximum absolute atomic E-state index is 5.97. The van der Waals surface area contributed by atoms with E-state index in [1.54, 1.807) is 0 Å². The van der Waals surface area contributed by atoms with E-state index in [0.29, 0.717) is 5.41 Å². The summed E-state index contributed by atoms with van der Waals surface area (Å²) in [7, 11) is 0. The summed E-state index contributed by atoms with van der Waals surface area (Å²) in [6, 6.07) is 4.39. The molecule has 1 fully saturated rings. The van der Waals surface area contributed by atoms with Crippen molar-refractivity contribution >= 4 is 27.3 Å². The second kappa shape index (κ2) is 4.33. The molecule has 2 N–H and O–H groups in total. The standard InChI is InChI=1S/C11H16BrNS/c12-10-5-4-9(14-10)11(8-13)6-2-1-3-7-11/h4-5H,1-3,6-8,13H2. The van der Waals surface area contributed by atoms with Crippen LogP contribution in [0.2, 0.25) is 0 Å². The number of hydrogen-bond acceptors (Lipinski definition) is 2. The monoisotopic (exact) mass is 273 g/mol. The second-order valence-corrected chi connectivity index (χ2v) is 6.61. The SMILES string of the molecule is NCC1(c2ccc(Br)s2)CCCCC1. The van der Waals surface area contributed by atoms with E-state index < -0.39 is 0 Å².